The fraction of sp³-hybridized carbons (Fsp3) is 0.571. The summed E-state index contributed by atoms with van der Waals surface area (Å²) in [6, 6.07) is 6.19. The van der Waals surface area contributed by atoms with Crippen LogP contribution in [0.1, 0.15) is 31.0 Å². The van der Waals surface area contributed by atoms with Gasteiger partial charge in [-0.15, -0.1) is 0 Å². The molecule has 1 aromatic rings. The van der Waals surface area contributed by atoms with Crippen molar-refractivity contribution in [3.8, 4) is 5.75 Å². The molecule has 1 unspecified atom stereocenters. The maximum absolute atomic E-state index is 11.1. The summed E-state index contributed by atoms with van der Waals surface area (Å²) in [7, 11) is -2.99. The van der Waals surface area contributed by atoms with Gasteiger partial charge in [-0.2, -0.15) is 0 Å². The van der Waals surface area contributed by atoms with Crippen LogP contribution in [-0.4, -0.2) is 33.6 Å². The Bertz CT molecular complexity index is 511. The summed E-state index contributed by atoms with van der Waals surface area (Å²) in [5.74, 6) is 0.799. The number of benzene rings is 1. The molecule has 19 heavy (non-hydrogen) atoms. The van der Waals surface area contributed by atoms with E-state index in [4.69, 9.17) is 4.74 Å². The fourth-order valence-electron chi connectivity index (χ4n) is 1.84. The Labute approximate surface area is 116 Å². The number of sulfone groups is 1. The highest BCUT2D eigenvalue weighted by Gasteiger charge is 2.12. The predicted octanol–water partition coefficient (Wildman–Crippen LogP) is 2.09. The lowest BCUT2D eigenvalue weighted by Gasteiger charge is -2.18. The number of rotatable bonds is 7. The zero-order valence-electron chi connectivity index (χ0n) is 12.1. The second-order valence-corrected chi connectivity index (χ2v) is 7.06. The fourth-order valence-corrected chi connectivity index (χ4v) is 2.23. The van der Waals surface area contributed by atoms with Crippen LogP contribution in [0, 0.1) is 6.92 Å². The van der Waals surface area contributed by atoms with E-state index in [1.807, 2.05) is 25.1 Å². The van der Waals surface area contributed by atoms with Crippen LogP contribution in [0.25, 0.3) is 0 Å². The molecule has 108 valence electrons. The molecule has 0 fully saturated rings. The quantitative estimate of drug-likeness (QED) is 0.833. The third-order valence-electron chi connectivity index (χ3n) is 2.86. The predicted molar refractivity (Wildman–Crippen MR) is 78.5 cm³/mol. The van der Waals surface area contributed by atoms with E-state index in [-0.39, 0.29) is 18.4 Å². The molecular formula is C14H23NO3S. The molecule has 0 aliphatic rings. The van der Waals surface area contributed by atoms with Crippen LogP contribution >= 0.6 is 0 Å². The van der Waals surface area contributed by atoms with Crippen LogP contribution in [0.2, 0.25) is 0 Å². The van der Waals surface area contributed by atoms with E-state index in [0.717, 1.165) is 23.4 Å². The van der Waals surface area contributed by atoms with Crippen molar-refractivity contribution in [3.63, 3.8) is 0 Å². The standard InChI is InChI=1S/C14H23NO3S/c1-5-15-12(3)13-7-6-11(2)10-14(13)18-8-9-19(4,16)17/h6-7,10,12,15H,5,8-9H2,1-4H3. The van der Waals surface area contributed by atoms with Crippen LogP contribution < -0.4 is 10.1 Å². The first-order valence-electron chi connectivity index (χ1n) is 6.48. The molecule has 0 aromatic heterocycles. The second-order valence-electron chi connectivity index (χ2n) is 4.80. The molecule has 1 aromatic carbocycles. The van der Waals surface area contributed by atoms with Crippen molar-refractivity contribution in [3.05, 3.63) is 29.3 Å². The molecule has 1 atom stereocenters. The van der Waals surface area contributed by atoms with Gasteiger partial charge in [-0.05, 0) is 32.0 Å². The van der Waals surface area contributed by atoms with Gasteiger partial charge in [0, 0.05) is 17.9 Å². The average molecular weight is 285 g/mol. The summed E-state index contributed by atoms with van der Waals surface area (Å²) >= 11 is 0. The highest BCUT2D eigenvalue weighted by atomic mass is 32.2. The van der Waals surface area contributed by atoms with Gasteiger partial charge in [0.25, 0.3) is 0 Å². The highest BCUT2D eigenvalue weighted by Crippen LogP contribution is 2.26. The first kappa shape index (κ1) is 16.0. The van der Waals surface area contributed by atoms with Crippen molar-refractivity contribution in [1.29, 1.82) is 0 Å². The van der Waals surface area contributed by atoms with Crippen molar-refractivity contribution >= 4 is 9.84 Å². The minimum atomic E-state index is -2.99. The van der Waals surface area contributed by atoms with Crippen molar-refractivity contribution < 1.29 is 13.2 Å². The van der Waals surface area contributed by atoms with Crippen LogP contribution in [0.15, 0.2) is 18.2 Å². The molecule has 5 heteroatoms. The minimum Gasteiger partial charge on any atom is -0.492 e. The molecule has 1 rings (SSSR count). The Hall–Kier alpha value is -1.07. The minimum absolute atomic E-state index is 0.0377. The Balaban J connectivity index is 2.82. The zero-order chi connectivity index (χ0) is 14.5. The Morgan fingerprint density at radius 1 is 1.37 bits per heavy atom. The molecule has 0 aliphatic carbocycles. The summed E-state index contributed by atoms with van der Waals surface area (Å²) in [5.41, 5.74) is 2.16. The van der Waals surface area contributed by atoms with Gasteiger partial charge in [0.2, 0.25) is 0 Å². The lowest BCUT2D eigenvalue weighted by molar-refractivity contribution is 0.333. The molecule has 0 bridgehead atoms. The Kier molecular flexibility index (Phi) is 5.82. The third kappa shape index (κ3) is 5.61. The molecule has 0 radical (unpaired) electrons. The highest BCUT2D eigenvalue weighted by molar-refractivity contribution is 7.90. The SMILES string of the molecule is CCNC(C)c1ccc(C)cc1OCCS(C)(=O)=O. The molecule has 4 nitrogen and oxygen atoms in total. The molecule has 0 saturated heterocycles. The monoisotopic (exact) mass is 285 g/mol. The van der Waals surface area contributed by atoms with Gasteiger partial charge in [0.15, 0.2) is 9.84 Å². The second kappa shape index (κ2) is 6.91. The summed E-state index contributed by atoms with van der Waals surface area (Å²) in [6.45, 7) is 7.17. The summed E-state index contributed by atoms with van der Waals surface area (Å²) in [4.78, 5) is 0. The molecule has 1 N–H and O–H groups in total. The molecule has 0 aliphatic heterocycles. The molecule has 0 spiro atoms. The van der Waals surface area contributed by atoms with E-state index < -0.39 is 9.84 Å². The number of ether oxygens (including phenoxy) is 1. The smallest absolute Gasteiger partial charge is 0.150 e. The normalized spacial score (nSPS) is 13.3. The summed E-state index contributed by atoms with van der Waals surface area (Å²) < 4.78 is 27.9. The van der Waals surface area contributed by atoms with E-state index in [2.05, 4.69) is 19.2 Å². The summed E-state index contributed by atoms with van der Waals surface area (Å²) in [6.07, 6.45) is 1.22. The first-order valence-corrected chi connectivity index (χ1v) is 8.54. The lowest BCUT2D eigenvalue weighted by Crippen LogP contribution is -2.19. The van der Waals surface area contributed by atoms with Crippen LogP contribution in [0.4, 0.5) is 0 Å². The maximum atomic E-state index is 11.1. The Morgan fingerprint density at radius 2 is 2.05 bits per heavy atom. The van der Waals surface area contributed by atoms with Crippen molar-refractivity contribution in [2.45, 2.75) is 26.8 Å². The van der Waals surface area contributed by atoms with Gasteiger partial charge >= 0.3 is 0 Å². The van der Waals surface area contributed by atoms with E-state index in [9.17, 15) is 8.42 Å². The average Bonchev–Trinajstić information content (AvgIpc) is 2.27. The molecule has 0 saturated carbocycles. The van der Waals surface area contributed by atoms with Crippen molar-refractivity contribution in [2.75, 3.05) is 25.2 Å². The number of hydrogen-bond donors (Lipinski definition) is 1. The largest absolute Gasteiger partial charge is 0.492 e. The van der Waals surface area contributed by atoms with E-state index in [1.54, 1.807) is 0 Å². The molecule has 0 amide bonds. The van der Waals surface area contributed by atoms with Crippen LogP contribution in [0.3, 0.4) is 0 Å². The van der Waals surface area contributed by atoms with Crippen molar-refractivity contribution in [1.82, 2.24) is 5.32 Å². The van der Waals surface area contributed by atoms with E-state index >= 15 is 0 Å². The van der Waals surface area contributed by atoms with Gasteiger partial charge < -0.3 is 10.1 Å². The number of nitrogens with one attached hydrogen (secondary N) is 1. The number of aryl methyl sites for hydroxylation is 1. The molecule has 0 heterocycles. The third-order valence-corrected chi connectivity index (χ3v) is 3.77. The molecular weight excluding hydrogens is 262 g/mol. The lowest BCUT2D eigenvalue weighted by atomic mass is 10.1. The van der Waals surface area contributed by atoms with Crippen molar-refractivity contribution in [2.24, 2.45) is 0 Å². The topological polar surface area (TPSA) is 55.4 Å². The maximum Gasteiger partial charge on any atom is 0.150 e. The Morgan fingerprint density at radius 3 is 2.63 bits per heavy atom. The number of hydrogen-bond acceptors (Lipinski definition) is 4. The van der Waals surface area contributed by atoms with Gasteiger partial charge in [-0.25, -0.2) is 8.42 Å². The van der Waals surface area contributed by atoms with Gasteiger partial charge in [0.1, 0.15) is 12.4 Å². The van der Waals surface area contributed by atoms with Gasteiger partial charge in [-0.3, -0.25) is 0 Å². The van der Waals surface area contributed by atoms with Gasteiger partial charge in [-0.1, -0.05) is 19.1 Å². The summed E-state index contributed by atoms with van der Waals surface area (Å²) in [5, 5.41) is 3.33. The van der Waals surface area contributed by atoms with E-state index in [1.165, 1.54) is 6.26 Å². The first-order chi connectivity index (χ1) is 8.83. The van der Waals surface area contributed by atoms with Crippen LogP contribution in [-0.2, 0) is 9.84 Å². The zero-order valence-corrected chi connectivity index (χ0v) is 12.9. The van der Waals surface area contributed by atoms with E-state index in [0.29, 0.717) is 0 Å². The van der Waals surface area contributed by atoms with Crippen LogP contribution in [0.5, 0.6) is 5.75 Å². The van der Waals surface area contributed by atoms with Gasteiger partial charge in [0.05, 0.1) is 5.75 Å².